The number of nitrogens with zero attached hydrogens (tertiary/aromatic N) is 4. The summed E-state index contributed by atoms with van der Waals surface area (Å²) in [5, 5.41) is 11.6. The van der Waals surface area contributed by atoms with Gasteiger partial charge in [0.1, 0.15) is 5.69 Å². The first-order valence-electron chi connectivity index (χ1n) is 6.01. The first-order valence-corrected chi connectivity index (χ1v) is 6.01. The zero-order valence-corrected chi connectivity index (χ0v) is 10.7. The van der Waals surface area contributed by atoms with Crippen molar-refractivity contribution >= 4 is 11.5 Å². The van der Waals surface area contributed by atoms with Crippen LogP contribution in [0.4, 0.5) is 5.69 Å². The molecule has 0 aromatic carbocycles. The molecule has 0 spiro atoms. The molecule has 2 rings (SSSR count). The van der Waals surface area contributed by atoms with Crippen LogP contribution in [0.1, 0.15) is 12.6 Å². The van der Waals surface area contributed by atoms with Gasteiger partial charge in [-0.05, 0) is 26.1 Å². The lowest BCUT2D eigenvalue weighted by Gasteiger charge is -2.39. The van der Waals surface area contributed by atoms with Crippen molar-refractivity contribution in [1.82, 2.24) is 9.88 Å². The Kier molecular flexibility index (Phi) is 3.66. The van der Waals surface area contributed by atoms with E-state index >= 15 is 0 Å². The Hall–Kier alpha value is -1.82. The highest BCUT2D eigenvalue weighted by atomic mass is 16.4. The van der Waals surface area contributed by atoms with Crippen LogP contribution in [0.2, 0.25) is 0 Å². The lowest BCUT2D eigenvalue weighted by molar-refractivity contribution is 0.234. The first kappa shape index (κ1) is 12.6. The number of pyridine rings is 1. The Morgan fingerprint density at radius 2 is 2.33 bits per heavy atom. The third-order valence-corrected chi connectivity index (χ3v) is 3.44. The summed E-state index contributed by atoms with van der Waals surface area (Å²) < 4.78 is 0. The summed E-state index contributed by atoms with van der Waals surface area (Å²) in [6.45, 7) is 5.18. The average molecular weight is 249 g/mol. The molecule has 1 aromatic heterocycles. The van der Waals surface area contributed by atoms with Gasteiger partial charge in [-0.15, -0.1) is 0 Å². The highest BCUT2D eigenvalue weighted by Crippen LogP contribution is 2.18. The van der Waals surface area contributed by atoms with Gasteiger partial charge in [0.05, 0.1) is 0 Å². The molecule has 0 saturated carbocycles. The van der Waals surface area contributed by atoms with E-state index in [9.17, 15) is 0 Å². The molecular formula is C12H19N5O. The number of hydrogen-bond acceptors (Lipinski definition) is 5. The number of amidine groups is 1. The number of anilines is 1. The van der Waals surface area contributed by atoms with Crippen LogP contribution >= 0.6 is 0 Å². The normalized spacial score (nSPS) is 22.2. The van der Waals surface area contributed by atoms with Crippen molar-refractivity contribution in [3.8, 4) is 0 Å². The van der Waals surface area contributed by atoms with Gasteiger partial charge in [-0.25, -0.2) is 0 Å². The van der Waals surface area contributed by atoms with Gasteiger partial charge >= 0.3 is 0 Å². The van der Waals surface area contributed by atoms with Crippen LogP contribution < -0.4 is 10.6 Å². The lowest BCUT2D eigenvalue weighted by Crippen LogP contribution is -2.50. The summed E-state index contributed by atoms with van der Waals surface area (Å²) in [5.41, 5.74) is 7.12. The molecule has 0 aliphatic carbocycles. The molecular weight excluding hydrogens is 230 g/mol. The second kappa shape index (κ2) is 5.22. The Morgan fingerprint density at radius 3 is 3.00 bits per heavy atom. The van der Waals surface area contributed by atoms with Crippen molar-refractivity contribution in [2.75, 3.05) is 31.6 Å². The molecule has 1 unspecified atom stereocenters. The fourth-order valence-corrected chi connectivity index (χ4v) is 2.09. The van der Waals surface area contributed by atoms with Crippen LogP contribution in [0.25, 0.3) is 0 Å². The van der Waals surface area contributed by atoms with E-state index in [1.165, 1.54) is 0 Å². The molecule has 1 saturated heterocycles. The van der Waals surface area contributed by atoms with E-state index in [4.69, 9.17) is 10.9 Å². The number of likely N-dealkylation sites (N-methyl/N-ethyl adjacent to an activating group) is 1. The van der Waals surface area contributed by atoms with Gasteiger partial charge in [0.15, 0.2) is 5.84 Å². The molecule has 6 nitrogen and oxygen atoms in total. The average Bonchev–Trinajstić information content (AvgIpc) is 2.41. The molecule has 0 bridgehead atoms. The number of nitrogens with two attached hydrogens (primary N) is 1. The molecule has 1 atom stereocenters. The van der Waals surface area contributed by atoms with E-state index in [2.05, 4.69) is 33.9 Å². The van der Waals surface area contributed by atoms with Crippen LogP contribution in [0.5, 0.6) is 0 Å². The van der Waals surface area contributed by atoms with Gasteiger partial charge in [0.2, 0.25) is 0 Å². The topological polar surface area (TPSA) is 78.0 Å². The molecule has 1 aliphatic rings. The van der Waals surface area contributed by atoms with Crippen LogP contribution in [0.15, 0.2) is 23.5 Å². The maximum atomic E-state index is 8.67. The van der Waals surface area contributed by atoms with Gasteiger partial charge in [-0.2, -0.15) is 0 Å². The Morgan fingerprint density at radius 1 is 1.56 bits per heavy atom. The van der Waals surface area contributed by atoms with Crippen molar-refractivity contribution < 1.29 is 5.21 Å². The smallest absolute Gasteiger partial charge is 0.188 e. The fraction of sp³-hybridized carbons (Fsp3) is 0.500. The van der Waals surface area contributed by atoms with E-state index in [1.807, 2.05) is 12.1 Å². The van der Waals surface area contributed by atoms with Crippen molar-refractivity contribution in [3.63, 3.8) is 0 Å². The standard InChI is InChI=1S/C12H19N5O/c1-9-8-17(6-5-16(9)2)10-3-4-14-11(7-10)12(13)15-18/h3-4,7,9,18H,5-6,8H2,1-2H3,(H2,13,15). The molecule has 0 amide bonds. The first-order chi connectivity index (χ1) is 8.61. The second-order valence-corrected chi connectivity index (χ2v) is 4.66. The summed E-state index contributed by atoms with van der Waals surface area (Å²) in [6.07, 6.45) is 1.69. The number of piperazine rings is 1. The van der Waals surface area contributed by atoms with Gasteiger partial charge in [0, 0.05) is 37.6 Å². The summed E-state index contributed by atoms with van der Waals surface area (Å²) in [4.78, 5) is 8.71. The fourth-order valence-electron chi connectivity index (χ4n) is 2.09. The number of oxime groups is 1. The summed E-state index contributed by atoms with van der Waals surface area (Å²) >= 11 is 0. The minimum atomic E-state index is 0.0408. The van der Waals surface area contributed by atoms with Crippen LogP contribution in [0, 0.1) is 0 Å². The quantitative estimate of drug-likeness (QED) is 0.341. The highest BCUT2D eigenvalue weighted by molar-refractivity contribution is 5.95. The number of hydrogen-bond donors (Lipinski definition) is 2. The van der Waals surface area contributed by atoms with E-state index in [1.54, 1.807) is 6.20 Å². The third kappa shape index (κ3) is 2.53. The number of aromatic nitrogens is 1. The van der Waals surface area contributed by atoms with Crippen molar-refractivity contribution in [2.45, 2.75) is 13.0 Å². The molecule has 0 radical (unpaired) electrons. The largest absolute Gasteiger partial charge is 0.409 e. The molecule has 3 N–H and O–H groups in total. The Bertz CT molecular complexity index is 448. The minimum absolute atomic E-state index is 0.0408. The summed E-state index contributed by atoms with van der Waals surface area (Å²) in [6, 6.07) is 4.32. The molecule has 1 aliphatic heterocycles. The molecule has 18 heavy (non-hydrogen) atoms. The van der Waals surface area contributed by atoms with Gasteiger partial charge in [0.25, 0.3) is 0 Å². The van der Waals surface area contributed by atoms with Crippen LogP contribution in [-0.2, 0) is 0 Å². The minimum Gasteiger partial charge on any atom is -0.409 e. The summed E-state index contributed by atoms with van der Waals surface area (Å²) in [7, 11) is 2.14. The molecule has 2 heterocycles. The van der Waals surface area contributed by atoms with Crippen molar-refractivity contribution in [3.05, 3.63) is 24.0 Å². The predicted octanol–water partition coefficient (Wildman–Crippen LogP) is 0.316. The third-order valence-electron chi connectivity index (χ3n) is 3.44. The van der Waals surface area contributed by atoms with Gasteiger partial charge < -0.3 is 20.7 Å². The SMILES string of the molecule is CC1CN(c2ccnc(C(N)=NO)c2)CCN1C. The van der Waals surface area contributed by atoms with Crippen LogP contribution in [-0.4, -0.2) is 53.7 Å². The van der Waals surface area contributed by atoms with E-state index in [-0.39, 0.29) is 5.84 Å². The van der Waals surface area contributed by atoms with Gasteiger partial charge in [-0.1, -0.05) is 5.16 Å². The summed E-state index contributed by atoms with van der Waals surface area (Å²) in [5.74, 6) is 0.0408. The maximum Gasteiger partial charge on any atom is 0.188 e. The Balaban J connectivity index is 2.19. The molecule has 1 aromatic rings. The van der Waals surface area contributed by atoms with E-state index < -0.39 is 0 Å². The predicted molar refractivity (Wildman–Crippen MR) is 71.1 cm³/mol. The van der Waals surface area contributed by atoms with E-state index in [0.29, 0.717) is 11.7 Å². The zero-order chi connectivity index (χ0) is 13.1. The maximum absolute atomic E-state index is 8.67. The highest BCUT2D eigenvalue weighted by Gasteiger charge is 2.21. The second-order valence-electron chi connectivity index (χ2n) is 4.66. The zero-order valence-electron chi connectivity index (χ0n) is 10.7. The molecule has 6 heteroatoms. The molecule has 1 fully saturated rings. The van der Waals surface area contributed by atoms with Crippen molar-refractivity contribution in [1.29, 1.82) is 0 Å². The number of rotatable bonds is 2. The van der Waals surface area contributed by atoms with Crippen molar-refractivity contribution in [2.24, 2.45) is 10.9 Å². The molecule has 98 valence electrons. The monoisotopic (exact) mass is 249 g/mol. The van der Waals surface area contributed by atoms with E-state index in [0.717, 1.165) is 25.3 Å². The van der Waals surface area contributed by atoms with Gasteiger partial charge in [-0.3, -0.25) is 4.98 Å². The van der Waals surface area contributed by atoms with Crippen LogP contribution in [0.3, 0.4) is 0 Å². The Labute approximate surface area is 107 Å². The lowest BCUT2D eigenvalue weighted by atomic mass is 10.2.